The predicted octanol–water partition coefficient (Wildman–Crippen LogP) is 1.99. The molecule has 1 heterocycles. The van der Waals surface area contributed by atoms with Crippen molar-refractivity contribution in [1.82, 2.24) is 9.78 Å². The minimum absolute atomic E-state index is 0.190. The van der Waals surface area contributed by atoms with Gasteiger partial charge in [-0.1, -0.05) is 20.8 Å². The Bertz CT molecular complexity index is 291. The lowest BCUT2D eigenvalue weighted by Gasteiger charge is -2.19. The van der Waals surface area contributed by atoms with E-state index in [0.29, 0.717) is 5.75 Å². The van der Waals surface area contributed by atoms with Gasteiger partial charge in [-0.05, 0) is 6.07 Å². The summed E-state index contributed by atoms with van der Waals surface area (Å²) in [6, 6.07) is 1.86. The van der Waals surface area contributed by atoms with Gasteiger partial charge in [0.15, 0.2) is 0 Å². The predicted molar refractivity (Wildman–Crippen MR) is 60.4 cm³/mol. The average molecular weight is 214 g/mol. The van der Waals surface area contributed by atoms with Crippen LogP contribution in [0.1, 0.15) is 32.6 Å². The summed E-state index contributed by atoms with van der Waals surface area (Å²) in [5, 5.41) is 14.0. The number of aryl methyl sites for hydroxylation is 1. The van der Waals surface area contributed by atoms with Crippen LogP contribution in [0.4, 0.5) is 0 Å². The monoisotopic (exact) mass is 214 g/mol. The Hall–Kier alpha value is -0.480. The Morgan fingerprint density at radius 1 is 1.57 bits per heavy atom. The quantitative estimate of drug-likeness (QED) is 0.836. The molecule has 0 aliphatic heterocycles. The van der Waals surface area contributed by atoms with E-state index in [1.165, 1.54) is 0 Å². The molecule has 0 aliphatic carbocycles. The Morgan fingerprint density at radius 3 is 2.64 bits per heavy atom. The fourth-order valence-electron chi connectivity index (χ4n) is 1.03. The molecule has 1 aromatic rings. The van der Waals surface area contributed by atoms with Crippen molar-refractivity contribution in [2.45, 2.75) is 31.6 Å². The molecule has 1 aromatic heterocycles. The summed E-state index contributed by atoms with van der Waals surface area (Å²) in [5.41, 5.74) is 0.754. The molecule has 0 fully saturated rings. The molecule has 0 bridgehead atoms. The minimum atomic E-state index is -0.458. The third-order valence-corrected chi connectivity index (χ3v) is 3.10. The second-order valence-electron chi connectivity index (χ2n) is 4.35. The molecular weight excluding hydrogens is 196 g/mol. The summed E-state index contributed by atoms with van der Waals surface area (Å²) in [6.07, 6.45) is 1.39. The molecule has 14 heavy (non-hydrogen) atoms. The summed E-state index contributed by atoms with van der Waals surface area (Å²) in [4.78, 5) is 0. The zero-order chi connectivity index (χ0) is 10.8. The molecule has 3 nitrogen and oxygen atoms in total. The Balaban J connectivity index is 2.47. The highest BCUT2D eigenvalue weighted by Gasteiger charge is 2.16. The van der Waals surface area contributed by atoms with Crippen molar-refractivity contribution in [3.8, 4) is 0 Å². The largest absolute Gasteiger partial charge is 0.386 e. The number of aliphatic hydroxyl groups is 1. The number of thioether (sulfide) groups is 1. The molecule has 0 amide bonds. The van der Waals surface area contributed by atoms with Gasteiger partial charge in [-0.15, -0.1) is 0 Å². The normalized spacial score (nSPS) is 14.4. The van der Waals surface area contributed by atoms with E-state index < -0.39 is 6.10 Å². The molecule has 1 unspecified atom stereocenters. The third kappa shape index (κ3) is 3.72. The second kappa shape index (κ2) is 4.36. The van der Waals surface area contributed by atoms with E-state index in [1.807, 2.05) is 19.3 Å². The van der Waals surface area contributed by atoms with Crippen molar-refractivity contribution in [2.75, 3.05) is 5.75 Å². The van der Waals surface area contributed by atoms with Gasteiger partial charge in [0.1, 0.15) is 6.10 Å². The highest BCUT2D eigenvalue weighted by atomic mass is 32.2. The van der Waals surface area contributed by atoms with Crippen molar-refractivity contribution in [3.63, 3.8) is 0 Å². The summed E-state index contributed by atoms with van der Waals surface area (Å²) >= 11 is 1.75. The number of hydrogen-bond donors (Lipinski definition) is 1. The Kier molecular flexibility index (Phi) is 3.61. The van der Waals surface area contributed by atoms with Gasteiger partial charge in [-0.3, -0.25) is 4.68 Å². The van der Waals surface area contributed by atoms with Gasteiger partial charge < -0.3 is 5.11 Å². The molecule has 1 atom stereocenters. The van der Waals surface area contributed by atoms with Crippen LogP contribution < -0.4 is 0 Å². The molecule has 0 radical (unpaired) electrons. The average Bonchev–Trinajstić information content (AvgIpc) is 2.46. The zero-order valence-electron chi connectivity index (χ0n) is 9.19. The maximum Gasteiger partial charge on any atom is 0.107 e. The lowest BCUT2D eigenvalue weighted by molar-refractivity contribution is 0.198. The first-order chi connectivity index (χ1) is 6.38. The Labute approximate surface area is 89.5 Å². The van der Waals surface area contributed by atoms with E-state index in [0.717, 1.165) is 5.69 Å². The van der Waals surface area contributed by atoms with Crippen molar-refractivity contribution in [1.29, 1.82) is 0 Å². The van der Waals surface area contributed by atoms with E-state index in [4.69, 9.17) is 0 Å². The summed E-state index contributed by atoms with van der Waals surface area (Å²) < 4.78 is 1.90. The minimum Gasteiger partial charge on any atom is -0.386 e. The molecule has 80 valence electrons. The van der Waals surface area contributed by atoms with Crippen LogP contribution >= 0.6 is 11.8 Å². The molecule has 0 spiro atoms. The van der Waals surface area contributed by atoms with Gasteiger partial charge in [0.2, 0.25) is 0 Å². The van der Waals surface area contributed by atoms with Crippen LogP contribution in [0.3, 0.4) is 0 Å². The summed E-state index contributed by atoms with van der Waals surface area (Å²) in [7, 11) is 1.85. The first-order valence-corrected chi connectivity index (χ1v) is 5.68. The number of hydrogen-bond acceptors (Lipinski definition) is 3. The molecule has 4 heteroatoms. The van der Waals surface area contributed by atoms with Crippen molar-refractivity contribution in [2.24, 2.45) is 7.05 Å². The van der Waals surface area contributed by atoms with Gasteiger partial charge in [0, 0.05) is 23.7 Å². The fraction of sp³-hybridized carbons (Fsp3) is 0.700. The van der Waals surface area contributed by atoms with Crippen LogP contribution in [-0.2, 0) is 7.05 Å². The lowest BCUT2D eigenvalue weighted by atomic mass is 10.3. The molecule has 1 rings (SSSR count). The number of aromatic nitrogens is 2. The van der Waals surface area contributed by atoms with Gasteiger partial charge in [0.05, 0.1) is 5.69 Å². The van der Waals surface area contributed by atoms with Gasteiger partial charge >= 0.3 is 0 Å². The van der Waals surface area contributed by atoms with E-state index >= 15 is 0 Å². The van der Waals surface area contributed by atoms with Crippen LogP contribution in [0.15, 0.2) is 12.3 Å². The van der Waals surface area contributed by atoms with Gasteiger partial charge in [-0.25, -0.2) is 0 Å². The number of nitrogens with zero attached hydrogens (tertiary/aromatic N) is 2. The maximum atomic E-state index is 9.80. The maximum absolute atomic E-state index is 9.80. The van der Waals surface area contributed by atoms with Crippen molar-refractivity contribution in [3.05, 3.63) is 18.0 Å². The first kappa shape index (κ1) is 11.6. The first-order valence-electron chi connectivity index (χ1n) is 4.70. The molecular formula is C10H18N2OS. The highest BCUT2D eigenvalue weighted by molar-refractivity contribution is 8.00. The molecule has 0 aliphatic rings. The Morgan fingerprint density at radius 2 is 2.21 bits per heavy atom. The SMILES string of the molecule is Cn1ccc(C(O)CSC(C)(C)C)n1. The van der Waals surface area contributed by atoms with Crippen LogP contribution in [-0.4, -0.2) is 25.4 Å². The smallest absolute Gasteiger partial charge is 0.107 e. The topological polar surface area (TPSA) is 38.0 Å². The second-order valence-corrected chi connectivity index (χ2v) is 6.20. The van der Waals surface area contributed by atoms with Crippen LogP contribution in [0.25, 0.3) is 0 Å². The zero-order valence-corrected chi connectivity index (χ0v) is 10.0. The van der Waals surface area contributed by atoms with Crippen LogP contribution in [0.5, 0.6) is 0 Å². The molecule has 1 N–H and O–H groups in total. The van der Waals surface area contributed by atoms with Crippen molar-refractivity contribution < 1.29 is 5.11 Å². The van der Waals surface area contributed by atoms with Crippen molar-refractivity contribution >= 4 is 11.8 Å². The van der Waals surface area contributed by atoms with E-state index in [9.17, 15) is 5.11 Å². The standard InChI is InChI=1S/C10H18N2OS/c1-10(2,3)14-7-9(13)8-5-6-12(4)11-8/h5-6,9,13H,7H2,1-4H3. The summed E-state index contributed by atoms with van der Waals surface area (Å²) in [5.74, 6) is 0.695. The third-order valence-electron chi connectivity index (χ3n) is 1.75. The fourth-order valence-corrected chi connectivity index (χ4v) is 1.85. The number of aliphatic hydroxyl groups excluding tert-OH is 1. The molecule has 0 saturated carbocycles. The van der Waals surface area contributed by atoms with Crippen LogP contribution in [0.2, 0.25) is 0 Å². The van der Waals surface area contributed by atoms with E-state index in [2.05, 4.69) is 25.9 Å². The molecule has 0 saturated heterocycles. The van der Waals surface area contributed by atoms with Gasteiger partial charge in [-0.2, -0.15) is 16.9 Å². The lowest BCUT2D eigenvalue weighted by Crippen LogP contribution is -2.12. The van der Waals surface area contributed by atoms with E-state index in [-0.39, 0.29) is 4.75 Å². The van der Waals surface area contributed by atoms with E-state index in [1.54, 1.807) is 16.4 Å². The van der Waals surface area contributed by atoms with Crippen LogP contribution in [0, 0.1) is 0 Å². The number of rotatable bonds is 3. The molecule has 0 aromatic carbocycles. The summed E-state index contributed by atoms with van der Waals surface area (Å²) in [6.45, 7) is 6.43. The van der Waals surface area contributed by atoms with Gasteiger partial charge in [0.25, 0.3) is 0 Å². The highest BCUT2D eigenvalue weighted by Crippen LogP contribution is 2.27.